The lowest BCUT2D eigenvalue weighted by Crippen LogP contribution is -2.51. The number of allylic oxidation sites excluding steroid dienone is 4. The zero-order chi connectivity index (χ0) is 35.9. The van der Waals surface area contributed by atoms with E-state index in [2.05, 4.69) is 59.3 Å². The van der Waals surface area contributed by atoms with Crippen molar-refractivity contribution in [2.75, 3.05) is 54.7 Å². The Kier molecular flexibility index (Phi) is 37.9. The molecule has 292 valence electrons. The third kappa shape index (κ3) is 36.9. The molecule has 5 heteroatoms. The van der Waals surface area contributed by atoms with Crippen molar-refractivity contribution < 1.29 is 23.4 Å². The minimum absolute atomic E-state index is 0.237. The van der Waals surface area contributed by atoms with E-state index in [9.17, 15) is 0 Å². The summed E-state index contributed by atoms with van der Waals surface area (Å²) in [7, 11) is 8.28. The monoisotopic (exact) mass is 695 g/mol. The molecule has 0 amide bonds. The Labute approximate surface area is 307 Å². The van der Waals surface area contributed by atoms with Crippen LogP contribution in [-0.4, -0.2) is 71.7 Å². The Morgan fingerprint density at radius 1 is 0.429 bits per heavy atom. The fourth-order valence-corrected chi connectivity index (χ4v) is 6.07. The number of nitrogens with zero attached hydrogens (tertiary/aromatic N) is 1. The van der Waals surface area contributed by atoms with E-state index < -0.39 is 6.48 Å². The van der Waals surface area contributed by atoms with E-state index in [0.29, 0.717) is 19.8 Å². The van der Waals surface area contributed by atoms with Crippen LogP contribution in [-0.2, 0) is 18.9 Å². The maximum absolute atomic E-state index is 6.11. The third-order valence-corrected chi connectivity index (χ3v) is 9.73. The van der Waals surface area contributed by atoms with Crippen molar-refractivity contribution in [3.05, 3.63) is 24.3 Å². The lowest BCUT2D eigenvalue weighted by Gasteiger charge is -2.34. The summed E-state index contributed by atoms with van der Waals surface area (Å²) >= 11 is 0. The van der Waals surface area contributed by atoms with Gasteiger partial charge in [0.25, 0.3) is 6.48 Å². The van der Waals surface area contributed by atoms with E-state index >= 15 is 0 Å². The van der Waals surface area contributed by atoms with Crippen LogP contribution in [0.3, 0.4) is 0 Å². The van der Waals surface area contributed by atoms with Crippen molar-refractivity contribution in [3.8, 4) is 0 Å². The molecular weight excluding hydrogens is 606 g/mol. The molecule has 2 unspecified atom stereocenters. The highest BCUT2D eigenvalue weighted by atomic mass is 16.8. The molecule has 0 bridgehead atoms. The molecule has 0 radical (unpaired) electrons. The van der Waals surface area contributed by atoms with Crippen LogP contribution in [0.2, 0.25) is 0 Å². The molecule has 0 spiro atoms. The molecule has 5 nitrogen and oxygen atoms in total. The first kappa shape index (κ1) is 48.3. The number of unbranched alkanes of at least 4 members (excludes halogenated alkanes) is 24. The largest absolute Gasteiger partial charge is 0.375 e. The summed E-state index contributed by atoms with van der Waals surface area (Å²) < 4.78 is 24.3. The molecule has 0 aliphatic carbocycles. The second kappa shape index (κ2) is 38.5. The molecule has 0 heterocycles. The average molecular weight is 695 g/mol. The van der Waals surface area contributed by atoms with Crippen molar-refractivity contribution in [2.24, 2.45) is 0 Å². The van der Waals surface area contributed by atoms with E-state index in [1.165, 1.54) is 167 Å². The fraction of sp³-hybridized carbons (Fsp3) is 0.909. The minimum atomic E-state index is -0.604. The number of likely N-dealkylation sites (N-methyl/N-ethyl adjacent to an activating group) is 1. The van der Waals surface area contributed by atoms with Crippen molar-refractivity contribution in [3.63, 3.8) is 0 Å². The Morgan fingerprint density at radius 2 is 0.796 bits per heavy atom. The summed E-state index contributed by atoms with van der Waals surface area (Å²) in [5, 5.41) is 0. The second-order valence-corrected chi connectivity index (χ2v) is 15.4. The molecule has 0 aromatic heterocycles. The van der Waals surface area contributed by atoms with E-state index in [1.54, 1.807) is 7.11 Å². The van der Waals surface area contributed by atoms with E-state index in [0.717, 1.165) is 23.9 Å². The van der Waals surface area contributed by atoms with Crippen LogP contribution in [0.5, 0.6) is 0 Å². The van der Waals surface area contributed by atoms with Crippen molar-refractivity contribution in [1.82, 2.24) is 0 Å². The normalized spacial score (nSPS) is 13.7. The average Bonchev–Trinajstić information content (AvgIpc) is 3.08. The van der Waals surface area contributed by atoms with Gasteiger partial charge in [0.05, 0.1) is 27.7 Å². The zero-order valence-corrected chi connectivity index (χ0v) is 34.2. The molecule has 0 aliphatic rings. The van der Waals surface area contributed by atoms with Crippen LogP contribution in [0.4, 0.5) is 0 Å². The van der Waals surface area contributed by atoms with Crippen molar-refractivity contribution in [2.45, 2.75) is 206 Å². The number of hydrogen-bond donors (Lipinski definition) is 0. The summed E-state index contributed by atoms with van der Waals surface area (Å²) in [5.74, 6) is 0. The topological polar surface area (TPSA) is 36.9 Å². The highest BCUT2D eigenvalue weighted by molar-refractivity contribution is 4.82. The predicted octanol–water partition coefficient (Wildman–Crippen LogP) is 13.1. The Bertz CT molecular complexity index is 689. The number of quaternary nitrogens is 1. The van der Waals surface area contributed by atoms with Gasteiger partial charge in [-0.3, -0.25) is 0 Å². The summed E-state index contributed by atoms with van der Waals surface area (Å²) in [5.41, 5.74) is 0. The first-order valence-corrected chi connectivity index (χ1v) is 21.4. The van der Waals surface area contributed by atoms with Crippen LogP contribution >= 0.6 is 0 Å². The zero-order valence-electron chi connectivity index (χ0n) is 34.2. The molecule has 0 aliphatic heterocycles. The van der Waals surface area contributed by atoms with Gasteiger partial charge < -0.3 is 23.4 Å². The molecule has 0 saturated heterocycles. The van der Waals surface area contributed by atoms with Gasteiger partial charge in [0.1, 0.15) is 19.3 Å². The van der Waals surface area contributed by atoms with Gasteiger partial charge >= 0.3 is 0 Å². The number of hydrogen-bond acceptors (Lipinski definition) is 4. The Morgan fingerprint density at radius 3 is 1.18 bits per heavy atom. The highest BCUT2D eigenvalue weighted by Crippen LogP contribution is 2.13. The maximum Gasteiger partial charge on any atom is 0.271 e. The van der Waals surface area contributed by atoms with Gasteiger partial charge in [-0.1, -0.05) is 154 Å². The van der Waals surface area contributed by atoms with Crippen LogP contribution in [0.25, 0.3) is 0 Å². The molecule has 2 atom stereocenters. The van der Waals surface area contributed by atoms with Crippen LogP contribution < -0.4 is 0 Å². The minimum Gasteiger partial charge on any atom is -0.375 e. The molecule has 49 heavy (non-hydrogen) atoms. The smallest absolute Gasteiger partial charge is 0.271 e. The van der Waals surface area contributed by atoms with Gasteiger partial charge in [0, 0.05) is 13.7 Å². The van der Waals surface area contributed by atoms with Gasteiger partial charge in [-0.2, -0.15) is 0 Å². The van der Waals surface area contributed by atoms with Gasteiger partial charge in [-0.25, -0.2) is 0 Å². The van der Waals surface area contributed by atoms with Crippen LogP contribution in [0, 0.1) is 0 Å². The standard InChI is InChI=1S/C44H88NO4/c1-7-9-11-13-15-17-19-21-23-25-27-29-31-33-35-37-39-47-41-43(45(3,4)5)42-49-44(46-6)48-40-38-36-34-32-30-28-26-24-22-20-18-16-14-12-10-8-2/h21-24,43-44H,7-20,25-42H2,1-6H3/q+1/b23-21-,24-22-. The number of rotatable bonds is 40. The molecule has 0 aromatic rings. The summed E-state index contributed by atoms with van der Waals surface area (Å²) in [6.07, 6.45) is 46.6. The van der Waals surface area contributed by atoms with Crippen molar-refractivity contribution in [1.29, 1.82) is 0 Å². The molecular formula is C44H88NO4+. The Hall–Kier alpha value is -0.720. The molecule has 0 saturated carbocycles. The van der Waals surface area contributed by atoms with Gasteiger partial charge in [0.15, 0.2) is 0 Å². The first-order chi connectivity index (χ1) is 24.0. The highest BCUT2D eigenvalue weighted by Gasteiger charge is 2.26. The van der Waals surface area contributed by atoms with Crippen molar-refractivity contribution >= 4 is 0 Å². The summed E-state index contributed by atoms with van der Waals surface area (Å²) in [6.45, 7) is 6.73. The number of ether oxygens (including phenoxy) is 4. The Balaban J connectivity index is 3.74. The van der Waals surface area contributed by atoms with Crippen LogP contribution in [0.1, 0.15) is 194 Å². The number of methoxy groups -OCH3 is 1. The van der Waals surface area contributed by atoms with E-state index in [-0.39, 0.29) is 6.04 Å². The fourth-order valence-electron chi connectivity index (χ4n) is 6.07. The van der Waals surface area contributed by atoms with Crippen LogP contribution in [0.15, 0.2) is 24.3 Å². The first-order valence-electron chi connectivity index (χ1n) is 21.4. The summed E-state index contributed by atoms with van der Waals surface area (Å²) in [4.78, 5) is 0. The maximum atomic E-state index is 6.11. The van der Waals surface area contributed by atoms with Gasteiger partial charge in [-0.15, -0.1) is 0 Å². The molecule has 0 fully saturated rings. The molecule has 0 N–H and O–H groups in total. The SMILES string of the molecule is CCCCCCCC/C=C\CCCCCCCCOCC(COC(OC)OCCCCCCCC/C=C\CCCCCCCC)[N+](C)(C)C. The predicted molar refractivity (Wildman–Crippen MR) is 214 cm³/mol. The lowest BCUT2D eigenvalue weighted by atomic mass is 10.1. The van der Waals surface area contributed by atoms with Gasteiger partial charge in [-0.05, 0) is 64.2 Å². The van der Waals surface area contributed by atoms with Gasteiger partial charge in [0.2, 0.25) is 0 Å². The van der Waals surface area contributed by atoms with E-state index in [1.807, 2.05) is 0 Å². The second-order valence-electron chi connectivity index (χ2n) is 15.4. The van der Waals surface area contributed by atoms with E-state index in [4.69, 9.17) is 18.9 Å². The lowest BCUT2D eigenvalue weighted by molar-refractivity contribution is -0.897. The third-order valence-electron chi connectivity index (χ3n) is 9.73. The quantitative estimate of drug-likeness (QED) is 0.0277. The molecule has 0 rings (SSSR count). The molecule has 0 aromatic carbocycles. The summed E-state index contributed by atoms with van der Waals surface area (Å²) in [6, 6.07) is 0.237.